The lowest BCUT2D eigenvalue weighted by molar-refractivity contribution is -0.384. The highest BCUT2D eigenvalue weighted by Crippen LogP contribution is 2.34. The van der Waals surface area contributed by atoms with Crippen LogP contribution in [0.15, 0.2) is 18.2 Å². The van der Waals surface area contributed by atoms with Gasteiger partial charge in [0.2, 0.25) is 0 Å². The maximum atomic E-state index is 11.0. The summed E-state index contributed by atoms with van der Waals surface area (Å²) in [5.41, 5.74) is 5.81. The van der Waals surface area contributed by atoms with Crippen LogP contribution >= 0.6 is 0 Å². The highest BCUT2D eigenvalue weighted by molar-refractivity contribution is 5.68. The maximum Gasteiger partial charge on any atom is 0.333 e. The molecule has 1 aromatic rings. The average Bonchev–Trinajstić information content (AvgIpc) is 2.29. The summed E-state index contributed by atoms with van der Waals surface area (Å²) in [5.74, 6) is 0.287. The van der Waals surface area contributed by atoms with Crippen molar-refractivity contribution in [2.45, 2.75) is 13.3 Å². The van der Waals surface area contributed by atoms with E-state index in [1.807, 2.05) is 0 Å². The quantitative estimate of drug-likeness (QED) is 0.430. The van der Waals surface area contributed by atoms with Crippen molar-refractivity contribution in [3.63, 3.8) is 0 Å². The fraction of sp³-hybridized carbons (Fsp3) is 0.455. The number of nitro groups is 1. The number of nitrogens with two attached hydrogens (primary N) is 1. The molecule has 0 aliphatic rings. The summed E-state index contributed by atoms with van der Waals surface area (Å²) in [5, 5.41) is 14.0. The van der Waals surface area contributed by atoms with Crippen LogP contribution < -0.4 is 15.8 Å². The summed E-state index contributed by atoms with van der Waals surface area (Å²) >= 11 is 0. The third-order valence-electron chi connectivity index (χ3n) is 2.18. The van der Waals surface area contributed by atoms with E-state index in [-0.39, 0.29) is 11.4 Å². The molecule has 17 heavy (non-hydrogen) atoms. The first kappa shape index (κ1) is 13.2. The van der Waals surface area contributed by atoms with Gasteiger partial charge < -0.3 is 15.8 Å². The molecule has 1 rings (SSSR count). The minimum absolute atomic E-state index is 0.0219. The summed E-state index contributed by atoms with van der Waals surface area (Å²) in [6, 6.07) is 4.98. The van der Waals surface area contributed by atoms with Crippen LogP contribution in [0, 0.1) is 10.1 Å². The maximum absolute atomic E-state index is 11.0. The van der Waals surface area contributed by atoms with E-state index in [2.05, 4.69) is 5.32 Å². The van der Waals surface area contributed by atoms with Gasteiger partial charge in [0.15, 0.2) is 5.75 Å². The molecule has 0 unspecified atom stereocenters. The van der Waals surface area contributed by atoms with Gasteiger partial charge in [-0.25, -0.2) is 0 Å². The Morgan fingerprint density at radius 1 is 1.53 bits per heavy atom. The van der Waals surface area contributed by atoms with Gasteiger partial charge in [-0.1, -0.05) is 6.07 Å². The van der Waals surface area contributed by atoms with E-state index in [0.29, 0.717) is 25.4 Å². The normalized spacial score (nSPS) is 10.0. The second-order valence-electron chi connectivity index (χ2n) is 3.41. The Morgan fingerprint density at radius 3 is 2.88 bits per heavy atom. The van der Waals surface area contributed by atoms with Crippen LogP contribution in [0.2, 0.25) is 0 Å². The molecule has 94 valence electrons. The van der Waals surface area contributed by atoms with Gasteiger partial charge in [0, 0.05) is 6.54 Å². The minimum Gasteiger partial charge on any atom is -0.487 e. The van der Waals surface area contributed by atoms with E-state index in [4.69, 9.17) is 10.5 Å². The van der Waals surface area contributed by atoms with Crippen LogP contribution in [0.5, 0.6) is 5.75 Å². The topological polar surface area (TPSA) is 90.4 Å². The largest absolute Gasteiger partial charge is 0.487 e. The molecule has 0 saturated carbocycles. The smallest absolute Gasteiger partial charge is 0.333 e. The number of nitro benzene ring substituents is 1. The number of nitrogens with zero attached hydrogens (tertiary/aromatic N) is 1. The van der Waals surface area contributed by atoms with Crippen LogP contribution in [0.3, 0.4) is 0 Å². The molecule has 0 aliphatic heterocycles. The molecule has 0 fully saturated rings. The second-order valence-corrected chi connectivity index (χ2v) is 3.41. The van der Waals surface area contributed by atoms with Crippen LogP contribution in [0.4, 0.5) is 11.4 Å². The highest BCUT2D eigenvalue weighted by atomic mass is 16.6. The molecule has 0 bridgehead atoms. The van der Waals surface area contributed by atoms with Gasteiger partial charge >= 0.3 is 5.69 Å². The number of ether oxygens (including phenoxy) is 1. The van der Waals surface area contributed by atoms with Gasteiger partial charge in [0.1, 0.15) is 5.69 Å². The molecule has 0 atom stereocenters. The Balaban J connectivity index is 2.94. The van der Waals surface area contributed by atoms with E-state index in [1.54, 1.807) is 25.1 Å². The van der Waals surface area contributed by atoms with Crippen LogP contribution in [-0.4, -0.2) is 24.6 Å². The molecule has 0 aromatic heterocycles. The van der Waals surface area contributed by atoms with Crippen molar-refractivity contribution in [1.29, 1.82) is 0 Å². The lowest BCUT2D eigenvalue weighted by Crippen LogP contribution is -2.10. The van der Waals surface area contributed by atoms with Crippen molar-refractivity contribution in [1.82, 2.24) is 0 Å². The number of benzene rings is 1. The van der Waals surface area contributed by atoms with Crippen molar-refractivity contribution < 1.29 is 9.66 Å². The third kappa shape index (κ3) is 3.60. The van der Waals surface area contributed by atoms with Crippen molar-refractivity contribution in [2.24, 2.45) is 5.73 Å². The van der Waals surface area contributed by atoms with Gasteiger partial charge in [0.25, 0.3) is 0 Å². The molecule has 0 saturated heterocycles. The first-order valence-electron chi connectivity index (χ1n) is 5.54. The number of rotatable bonds is 7. The molecular formula is C11H17N3O3. The summed E-state index contributed by atoms with van der Waals surface area (Å²) in [7, 11) is 0. The van der Waals surface area contributed by atoms with Crippen LogP contribution in [0.25, 0.3) is 0 Å². The first-order chi connectivity index (χ1) is 8.20. The zero-order valence-corrected chi connectivity index (χ0v) is 9.81. The van der Waals surface area contributed by atoms with Crippen molar-refractivity contribution in [3.05, 3.63) is 28.3 Å². The summed E-state index contributed by atoms with van der Waals surface area (Å²) in [6.45, 7) is 3.34. The van der Waals surface area contributed by atoms with Crippen molar-refractivity contribution in [2.75, 3.05) is 25.0 Å². The standard InChI is InChI=1S/C11H17N3O3/c1-2-17-10-6-3-5-9(11(10)14(15)16)13-8-4-7-12/h3,5-6,13H,2,4,7-8,12H2,1H3. The van der Waals surface area contributed by atoms with E-state index < -0.39 is 4.92 Å². The van der Waals surface area contributed by atoms with Crippen LogP contribution in [-0.2, 0) is 0 Å². The second kappa shape index (κ2) is 6.70. The Morgan fingerprint density at radius 2 is 2.29 bits per heavy atom. The van der Waals surface area contributed by atoms with Gasteiger partial charge in [-0.15, -0.1) is 0 Å². The predicted molar refractivity (Wildman–Crippen MR) is 66.4 cm³/mol. The molecule has 0 radical (unpaired) electrons. The predicted octanol–water partition coefficient (Wildman–Crippen LogP) is 1.75. The van der Waals surface area contributed by atoms with E-state index in [1.165, 1.54) is 0 Å². The molecule has 6 nitrogen and oxygen atoms in total. The van der Waals surface area contributed by atoms with E-state index >= 15 is 0 Å². The number of hydrogen-bond acceptors (Lipinski definition) is 5. The Hall–Kier alpha value is -1.82. The van der Waals surface area contributed by atoms with Crippen LogP contribution in [0.1, 0.15) is 13.3 Å². The number of anilines is 1. The van der Waals surface area contributed by atoms with Gasteiger partial charge in [-0.05, 0) is 32.0 Å². The lowest BCUT2D eigenvalue weighted by atomic mass is 10.2. The molecule has 6 heteroatoms. The average molecular weight is 239 g/mol. The molecule has 3 N–H and O–H groups in total. The first-order valence-corrected chi connectivity index (χ1v) is 5.54. The molecule has 0 heterocycles. The Kier molecular flexibility index (Phi) is 5.22. The lowest BCUT2D eigenvalue weighted by Gasteiger charge is -2.09. The monoisotopic (exact) mass is 239 g/mol. The van der Waals surface area contributed by atoms with Gasteiger partial charge in [0.05, 0.1) is 11.5 Å². The zero-order chi connectivity index (χ0) is 12.7. The molecule has 0 amide bonds. The summed E-state index contributed by atoms with van der Waals surface area (Å²) in [6.07, 6.45) is 0.760. The Bertz CT molecular complexity index is 382. The number of nitrogens with one attached hydrogen (secondary N) is 1. The number of para-hydroxylation sites is 1. The van der Waals surface area contributed by atoms with E-state index in [9.17, 15) is 10.1 Å². The fourth-order valence-electron chi connectivity index (χ4n) is 1.45. The molecular weight excluding hydrogens is 222 g/mol. The molecule has 1 aromatic carbocycles. The Labute approximate surface area is 99.9 Å². The van der Waals surface area contributed by atoms with Crippen molar-refractivity contribution in [3.8, 4) is 5.75 Å². The zero-order valence-electron chi connectivity index (χ0n) is 9.81. The molecule has 0 spiro atoms. The third-order valence-corrected chi connectivity index (χ3v) is 2.18. The fourth-order valence-corrected chi connectivity index (χ4v) is 1.45. The van der Waals surface area contributed by atoms with Gasteiger partial charge in [-0.3, -0.25) is 10.1 Å². The SMILES string of the molecule is CCOc1cccc(NCCCN)c1[N+](=O)[O-]. The summed E-state index contributed by atoms with van der Waals surface area (Å²) < 4.78 is 5.24. The minimum atomic E-state index is -0.435. The summed E-state index contributed by atoms with van der Waals surface area (Å²) in [4.78, 5) is 10.6. The molecule has 0 aliphatic carbocycles. The number of hydrogen-bond donors (Lipinski definition) is 2. The van der Waals surface area contributed by atoms with E-state index in [0.717, 1.165) is 6.42 Å². The van der Waals surface area contributed by atoms with Gasteiger partial charge in [-0.2, -0.15) is 0 Å². The highest BCUT2D eigenvalue weighted by Gasteiger charge is 2.20. The van der Waals surface area contributed by atoms with Crippen molar-refractivity contribution >= 4 is 11.4 Å².